The van der Waals surface area contributed by atoms with Crippen LogP contribution in [0, 0.1) is 0 Å². The molecule has 0 aliphatic carbocycles. The lowest BCUT2D eigenvalue weighted by molar-refractivity contribution is 0.661. The SMILES string of the molecule is C=CCC[C@H](N)c1ccc(Cl)c(Cl)c1. The van der Waals surface area contributed by atoms with Crippen molar-refractivity contribution in [2.24, 2.45) is 5.73 Å². The van der Waals surface area contributed by atoms with Gasteiger partial charge >= 0.3 is 0 Å². The molecule has 0 aliphatic rings. The minimum Gasteiger partial charge on any atom is -0.324 e. The van der Waals surface area contributed by atoms with Crippen LogP contribution in [0.3, 0.4) is 0 Å². The highest BCUT2D eigenvalue weighted by atomic mass is 35.5. The molecule has 0 amide bonds. The first-order chi connectivity index (χ1) is 6.65. The fourth-order valence-corrected chi connectivity index (χ4v) is 1.51. The molecule has 1 rings (SSSR count). The van der Waals surface area contributed by atoms with E-state index in [2.05, 4.69) is 6.58 Å². The summed E-state index contributed by atoms with van der Waals surface area (Å²) in [5, 5.41) is 1.12. The van der Waals surface area contributed by atoms with Crippen molar-refractivity contribution in [1.82, 2.24) is 0 Å². The Morgan fingerprint density at radius 2 is 2.07 bits per heavy atom. The van der Waals surface area contributed by atoms with Crippen molar-refractivity contribution in [3.05, 3.63) is 46.5 Å². The number of hydrogen-bond acceptors (Lipinski definition) is 1. The van der Waals surface area contributed by atoms with Gasteiger partial charge in [0, 0.05) is 6.04 Å². The van der Waals surface area contributed by atoms with E-state index in [-0.39, 0.29) is 6.04 Å². The molecule has 0 unspecified atom stereocenters. The van der Waals surface area contributed by atoms with Crippen LogP contribution in [0.25, 0.3) is 0 Å². The highest BCUT2D eigenvalue weighted by molar-refractivity contribution is 6.42. The van der Waals surface area contributed by atoms with Crippen LogP contribution >= 0.6 is 23.2 Å². The molecule has 1 aromatic rings. The molecule has 1 nitrogen and oxygen atoms in total. The summed E-state index contributed by atoms with van der Waals surface area (Å²) in [5.74, 6) is 0. The van der Waals surface area contributed by atoms with Crippen LogP contribution in [0.15, 0.2) is 30.9 Å². The van der Waals surface area contributed by atoms with Crippen LogP contribution in [0.5, 0.6) is 0 Å². The van der Waals surface area contributed by atoms with E-state index in [1.165, 1.54) is 0 Å². The standard InChI is InChI=1S/C11H13Cl2N/c1-2-3-4-11(14)8-5-6-9(12)10(13)7-8/h2,5-7,11H,1,3-4,14H2/t11-/m0/s1. The molecule has 0 saturated heterocycles. The van der Waals surface area contributed by atoms with Crippen molar-refractivity contribution in [3.63, 3.8) is 0 Å². The maximum Gasteiger partial charge on any atom is 0.0595 e. The molecule has 0 fully saturated rings. The fourth-order valence-electron chi connectivity index (χ4n) is 1.21. The van der Waals surface area contributed by atoms with Crippen LogP contribution < -0.4 is 5.73 Å². The topological polar surface area (TPSA) is 26.0 Å². The third kappa shape index (κ3) is 3.02. The van der Waals surface area contributed by atoms with Gasteiger partial charge in [-0.1, -0.05) is 35.3 Å². The van der Waals surface area contributed by atoms with E-state index in [1.807, 2.05) is 18.2 Å². The zero-order valence-electron chi connectivity index (χ0n) is 7.84. The predicted octanol–water partition coefficient (Wildman–Crippen LogP) is 3.96. The summed E-state index contributed by atoms with van der Waals surface area (Å²) in [6, 6.07) is 5.50. The molecule has 0 aliphatic heterocycles. The number of halogens is 2. The Hall–Kier alpha value is -0.500. The zero-order chi connectivity index (χ0) is 10.6. The Labute approximate surface area is 94.5 Å². The van der Waals surface area contributed by atoms with Gasteiger partial charge in [0.15, 0.2) is 0 Å². The Balaban J connectivity index is 2.75. The molecule has 3 heteroatoms. The fraction of sp³-hybridized carbons (Fsp3) is 0.273. The molecule has 0 spiro atoms. The Morgan fingerprint density at radius 3 is 2.64 bits per heavy atom. The van der Waals surface area contributed by atoms with Gasteiger partial charge in [0.1, 0.15) is 0 Å². The summed E-state index contributed by atoms with van der Waals surface area (Å²) >= 11 is 11.7. The normalized spacial score (nSPS) is 12.5. The Morgan fingerprint density at radius 1 is 1.36 bits per heavy atom. The van der Waals surface area contributed by atoms with Crippen LogP contribution in [0.2, 0.25) is 10.0 Å². The van der Waals surface area contributed by atoms with E-state index in [9.17, 15) is 0 Å². The molecule has 14 heavy (non-hydrogen) atoms. The molecular weight excluding hydrogens is 217 g/mol. The van der Waals surface area contributed by atoms with E-state index < -0.39 is 0 Å². The highest BCUT2D eigenvalue weighted by Crippen LogP contribution is 2.26. The van der Waals surface area contributed by atoms with E-state index >= 15 is 0 Å². The number of hydrogen-bond donors (Lipinski definition) is 1. The van der Waals surface area contributed by atoms with E-state index in [0.29, 0.717) is 10.0 Å². The summed E-state index contributed by atoms with van der Waals surface area (Å²) in [4.78, 5) is 0. The number of allylic oxidation sites excluding steroid dienone is 1. The molecule has 1 atom stereocenters. The first-order valence-corrected chi connectivity index (χ1v) is 5.22. The first kappa shape index (κ1) is 11.6. The predicted molar refractivity (Wildman–Crippen MR) is 62.8 cm³/mol. The monoisotopic (exact) mass is 229 g/mol. The lowest BCUT2D eigenvalue weighted by Crippen LogP contribution is -2.09. The van der Waals surface area contributed by atoms with Crippen LogP contribution in [0.4, 0.5) is 0 Å². The van der Waals surface area contributed by atoms with Crippen molar-refractivity contribution in [2.45, 2.75) is 18.9 Å². The molecule has 1 aromatic carbocycles. The van der Waals surface area contributed by atoms with Gasteiger partial charge in [-0.3, -0.25) is 0 Å². The largest absolute Gasteiger partial charge is 0.324 e. The molecule has 0 aromatic heterocycles. The number of nitrogens with two attached hydrogens (primary N) is 1. The first-order valence-electron chi connectivity index (χ1n) is 4.46. The maximum absolute atomic E-state index is 5.95. The minimum atomic E-state index is 0.00256. The second-order valence-electron chi connectivity index (χ2n) is 3.15. The van der Waals surface area contributed by atoms with Gasteiger partial charge in [0.2, 0.25) is 0 Å². The van der Waals surface area contributed by atoms with E-state index in [4.69, 9.17) is 28.9 Å². The number of benzene rings is 1. The van der Waals surface area contributed by atoms with Crippen LogP contribution in [-0.2, 0) is 0 Å². The van der Waals surface area contributed by atoms with E-state index in [1.54, 1.807) is 6.07 Å². The average molecular weight is 230 g/mol. The third-order valence-electron chi connectivity index (χ3n) is 2.05. The molecule has 0 saturated carbocycles. The van der Waals surface area contributed by atoms with Crippen LogP contribution in [0.1, 0.15) is 24.4 Å². The zero-order valence-corrected chi connectivity index (χ0v) is 9.35. The minimum absolute atomic E-state index is 0.00256. The smallest absolute Gasteiger partial charge is 0.0595 e. The molecule has 0 heterocycles. The van der Waals surface area contributed by atoms with Crippen molar-refractivity contribution in [1.29, 1.82) is 0 Å². The van der Waals surface area contributed by atoms with Crippen molar-refractivity contribution < 1.29 is 0 Å². The molecule has 0 radical (unpaired) electrons. The molecule has 2 N–H and O–H groups in total. The van der Waals surface area contributed by atoms with Crippen LogP contribution in [-0.4, -0.2) is 0 Å². The summed E-state index contributed by atoms with van der Waals surface area (Å²) in [6.07, 6.45) is 3.64. The van der Waals surface area contributed by atoms with Crippen molar-refractivity contribution in [2.75, 3.05) is 0 Å². The quantitative estimate of drug-likeness (QED) is 0.778. The lowest BCUT2D eigenvalue weighted by Gasteiger charge is -2.11. The summed E-state index contributed by atoms with van der Waals surface area (Å²) in [7, 11) is 0. The Bertz CT molecular complexity index is 323. The highest BCUT2D eigenvalue weighted by Gasteiger charge is 2.06. The summed E-state index contributed by atoms with van der Waals surface area (Å²) in [6.45, 7) is 3.66. The summed E-state index contributed by atoms with van der Waals surface area (Å²) < 4.78 is 0. The van der Waals surface area contributed by atoms with Gasteiger partial charge in [-0.05, 0) is 30.5 Å². The van der Waals surface area contributed by atoms with Gasteiger partial charge in [-0.15, -0.1) is 6.58 Å². The average Bonchev–Trinajstić information content (AvgIpc) is 2.18. The van der Waals surface area contributed by atoms with Crippen molar-refractivity contribution in [3.8, 4) is 0 Å². The van der Waals surface area contributed by atoms with E-state index in [0.717, 1.165) is 18.4 Å². The maximum atomic E-state index is 5.95. The van der Waals surface area contributed by atoms with Gasteiger partial charge in [-0.25, -0.2) is 0 Å². The van der Waals surface area contributed by atoms with Gasteiger partial charge in [-0.2, -0.15) is 0 Å². The van der Waals surface area contributed by atoms with Crippen molar-refractivity contribution >= 4 is 23.2 Å². The number of rotatable bonds is 4. The third-order valence-corrected chi connectivity index (χ3v) is 2.79. The van der Waals surface area contributed by atoms with Gasteiger partial charge in [0.25, 0.3) is 0 Å². The molecule has 0 bridgehead atoms. The second kappa shape index (κ2) is 5.40. The second-order valence-corrected chi connectivity index (χ2v) is 3.96. The molecular formula is C11H13Cl2N. The lowest BCUT2D eigenvalue weighted by atomic mass is 10.0. The van der Waals surface area contributed by atoms with Gasteiger partial charge in [0.05, 0.1) is 10.0 Å². The Kier molecular flexibility index (Phi) is 4.46. The van der Waals surface area contributed by atoms with Gasteiger partial charge < -0.3 is 5.73 Å². The molecule has 76 valence electrons. The summed E-state index contributed by atoms with van der Waals surface area (Å²) in [5.41, 5.74) is 6.97.